The van der Waals surface area contributed by atoms with Crippen molar-refractivity contribution in [3.8, 4) is 5.75 Å². The maximum Gasteiger partial charge on any atom is 0.270 e. The Morgan fingerprint density at radius 1 is 1.32 bits per heavy atom. The Bertz CT molecular complexity index is 492. The van der Waals surface area contributed by atoms with Gasteiger partial charge in [-0.1, -0.05) is 6.42 Å². The summed E-state index contributed by atoms with van der Waals surface area (Å²) in [5.41, 5.74) is 0.209. The molecule has 102 valence electrons. The van der Waals surface area contributed by atoms with Gasteiger partial charge < -0.3 is 4.74 Å². The molecule has 0 unspecified atom stereocenters. The number of carbonyl (C=O) groups excluding carboxylic acids is 1. The summed E-state index contributed by atoms with van der Waals surface area (Å²) in [5.74, 6) is 0.250. The zero-order chi connectivity index (χ0) is 13.8. The first kappa shape index (κ1) is 13.5. The molecule has 1 fully saturated rings. The quantitative estimate of drug-likeness (QED) is 0.473. The first-order chi connectivity index (χ1) is 9.08. The number of ketones is 1. The van der Waals surface area contributed by atoms with Crippen molar-refractivity contribution in [2.75, 3.05) is 0 Å². The van der Waals surface area contributed by atoms with Gasteiger partial charge in [-0.25, -0.2) is 0 Å². The van der Waals surface area contributed by atoms with E-state index in [1.54, 1.807) is 0 Å². The molecule has 0 bridgehead atoms. The molecule has 1 aromatic rings. The van der Waals surface area contributed by atoms with Crippen molar-refractivity contribution in [1.82, 2.24) is 0 Å². The zero-order valence-corrected chi connectivity index (χ0v) is 10.9. The number of hydrogen-bond acceptors (Lipinski definition) is 4. The number of carbonyl (C=O) groups is 1. The van der Waals surface area contributed by atoms with Crippen molar-refractivity contribution in [3.05, 3.63) is 33.9 Å². The number of non-ortho nitro benzene ring substituents is 1. The summed E-state index contributed by atoms with van der Waals surface area (Å²) >= 11 is 0. The second-order valence-electron chi connectivity index (χ2n) is 4.87. The Labute approximate surface area is 111 Å². The van der Waals surface area contributed by atoms with Gasteiger partial charge in [0.15, 0.2) is 5.78 Å². The van der Waals surface area contributed by atoms with Crippen LogP contribution >= 0.6 is 0 Å². The van der Waals surface area contributed by atoms with Crippen LogP contribution < -0.4 is 4.74 Å². The molecule has 0 aliphatic heterocycles. The van der Waals surface area contributed by atoms with Crippen molar-refractivity contribution in [2.24, 2.45) is 0 Å². The minimum Gasteiger partial charge on any atom is -0.490 e. The summed E-state index contributed by atoms with van der Waals surface area (Å²) in [5, 5.41) is 10.7. The number of hydrogen-bond donors (Lipinski definition) is 0. The normalized spacial score (nSPS) is 16.1. The van der Waals surface area contributed by atoms with Crippen molar-refractivity contribution in [1.29, 1.82) is 0 Å². The van der Waals surface area contributed by atoms with E-state index < -0.39 is 4.92 Å². The number of nitro groups is 1. The summed E-state index contributed by atoms with van der Waals surface area (Å²) in [6.45, 7) is 1.40. The molecule has 0 radical (unpaired) electrons. The molecular formula is C14H17NO4. The third-order valence-electron chi connectivity index (χ3n) is 3.40. The molecule has 5 heteroatoms. The molecule has 1 aliphatic carbocycles. The first-order valence-electron chi connectivity index (χ1n) is 6.54. The zero-order valence-electron chi connectivity index (χ0n) is 10.9. The van der Waals surface area contributed by atoms with Crippen LogP contribution in [0.1, 0.15) is 49.4 Å². The SMILES string of the molecule is CC(=O)c1cc([N+](=O)[O-])ccc1OC1CCCCC1. The van der Waals surface area contributed by atoms with E-state index in [0.29, 0.717) is 11.3 Å². The van der Waals surface area contributed by atoms with Crippen LogP contribution in [0.25, 0.3) is 0 Å². The second-order valence-corrected chi connectivity index (χ2v) is 4.87. The van der Waals surface area contributed by atoms with Gasteiger partial charge >= 0.3 is 0 Å². The van der Waals surface area contributed by atoms with Crippen LogP contribution in [0.4, 0.5) is 5.69 Å². The summed E-state index contributed by atoms with van der Waals surface area (Å²) in [6.07, 6.45) is 5.57. The van der Waals surface area contributed by atoms with E-state index in [9.17, 15) is 14.9 Å². The van der Waals surface area contributed by atoms with E-state index >= 15 is 0 Å². The molecule has 1 aromatic carbocycles. The smallest absolute Gasteiger partial charge is 0.270 e. The van der Waals surface area contributed by atoms with E-state index in [2.05, 4.69) is 0 Å². The number of rotatable bonds is 4. The van der Waals surface area contributed by atoms with Gasteiger partial charge in [-0.05, 0) is 38.7 Å². The number of nitrogens with zero attached hydrogens (tertiary/aromatic N) is 1. The minimum absolute atomic E-state index is 0.0822. The molecule has 0 heterocycles. The summed E-state index contributed by atoms with van der Waals surface area (Å²) in [6, 6.07) is 4.20. The second kappa shape index (κ2) is 5.82. The van der Waals surface area contributed by atoms with E-state index in [0.717, 1.165) is 25.7 Å². The minimum atomic E-state index is -0.503. The summed E-state index contributed by atoms with van der Waals surface area (Å²) in [4.78, 5) is 21.8. The van der Waals surface area contributed by atoms with Gasteiger partial charge in [-0.3, -0.25) is 14.9 Å². The van der Waals surface area contributed by atoms with E-state index in [1.165, 1.54) is 31.5 Å². The predicted molar refractivity (Wildman–Crippen MR) is 70.6 cm³/mol. The monoisotopic (exact) mass is 263 g/mol. The van der Waals surface area contributed by atoms with Gasteiger partial charge in [0.2, 0.25) is 0 Å². The Morgan fingerprint density at radius 2 is 2.00 bits per heavy atom. The van der Waals surface area contributed by atoms with Crippen LogP contribution in [0.3, 0.4) is 0 Å². The molecule has 1 saturated carbocycles. The third-order valence-corrected chi connectivity index (χ3v) is 3.40. The fourth-order valence-corrected chi connectivity index (χ4v) is 2.37. The number of nitro benzene ring substituents is 1. The Kier molecular flexibility index (Phi) is 4.14. The molecule has 0 saturated heterocycles. The highest BCUT2D eigenvalue weighted by molar-refractivity contribution is 5.97. The van der Waals surface area contributed by atoms with Gasteiger partial charge in [0, 0.05) is 12.1 Å². The molecule has 0 aromatic heterocycles. The van der Waals surface area contributed by atoms with Crippen LogP contribution in [0, 0.1) is 10.1 Å². The molecule has 0 amide bonds. The molecule has 19 heavy (non-hydrogen) atoms. The Hall–Kier alpha value is -1.91. The van der Waals surface area contributed by atoms with E-state index in [-0.39, 0.29) is 17.6 Å². The van der Waals surface area contributed by atoms with Gasteiger partial charge in [0.25, 0.3) is 5.69 Å². The molecule has 5 nitrogen and oxygen atoms in total. The lowest BCUT2D eigenvalue weighted by atomic mass is 9.97. The number of benzene rings is 1. The fraction of sp³-hybridized carbons (Fsp3) is 0.500. The lowest BCUT2D eigenvalue weighted by Gasteiger charge is -2.23. The lowest BCUT2D eigenvalue weighted by molar-refractivity contribution is -0.384. The average Bonchev–Trinajstić information content (AvgIpc) is 2.39. The highest BCUT2D eigenvalue weighted by Crippen LogP contribution is 2.29. The van der Waals surface area contributed by atoms with Crippen LogP contribution in [0.15, 0.2) is 18.2 Å². The largest absolute Gasteiger partial charge is 0.490 e. The molecule has 1 aliphatic rings. The van der Waals surface area contributed by atoms with Crippen LogP contribution in [-0.4, -0.2) is 16.8 Å². The van der Waals surface area contributed by atoms with Crippen molar-refractivity contribution in [2.45, 2.75) is 45.1 Å². The topological polar surface area (TPSA) is 69.4 Å². The molecular weight excluding hydrogens is 246 g/mol. The lowest BCUT2D eigenvalue weighted by Crippen LogP contribution is -2.20. The van der Waals surface area contributed by atoms with Crippen LogP contribution in [0.2, 0.25) is 0 Å². The van der Waals surface area contributed by atoms with Gasteiger partial charge in [-0.15, -0.1) is 0 Å². The standard InChI is InChI=1S/C14H17NO4/c1-10(16)13-9-11(15(17)18)7-8-14(13)19-12-5-3-2-4-6-12/h7-9,12H,2-6H2,1H3. The predicted octanol–water partition coefficient (Wildman–Crippen LogP) is 3.51. The molecule has 2 rings (SSSR count). The highest BCUT2D eigenvalue weighted by Gasteiger charge is 2.20. The van der Waals surface area contributed by atoms with Crippen molar-refractivity contribution >= 4 is 11.5 Å². The fourth-order valence-electron chi connectivity index (χ4n) is 2.37. The maximum atomic E-state index is 11.6. The Morgan fingerprint density at radius 3 is 2.58 bits per heavy atom. The average molecular weight is 263 g/mol. The Balaban J connectivity index is 2.23. The number of ether oxygens (including phenoxy) is 1. The summed E-state index contributed by atoms with van der Waals surface area (Å²) in [7, 11) is 0. The first-order valence-corrected chi connectivity index (χ1v) is 6.54. The van der Waals surface area contributed by atoms with Crippen molar-refractivity contribution in [3.63, 3.8) is 0 Å². The summed E-state index contributed by atoms with van der Waals surface area (Å²) < 4.78 is 5.84. The van der Waals surface area contributed by atoms with Crippen LogP contribution in [0.5, 0.6) is 5.75 Å². The maximum absolute atomic E-state index is 11.6. The van der Waals surface area contributed by atoms with Gasteiger partial charge in [0.1, 0.15) is 5.75 Å². The van der Waals surface area contributed by atoms with Crippen LogP contribution in [-0.2, 0) is 0 Å². The third kappa shape index (κ3) is 3.30. The molecule has 0 atom stereocenters. The molecule has 0 spiro atoms. The van der Waals surface area contributed by atoms with E-state index in [1.807, 2.05) is 0 Å². The number of Topliss-reactive ketones (excluding diaryl/α,β-unsaturated/α-hetero) is 1. The van der Waals surface area contributed by atoms with Crippen molar-refractivity contribution < 1.29 is 14.5 Å². The highest BCUT2D eigenvalue weighted by atomic mass is 16.6. The molecule has 0 N–H and O–H groups in total. The van der Waals surface area contributed by atoms with Gasteiger partial charge in [-0.2, -0.15) is 0 Å². The van der Waals surface area contributed by atoms with E-state index in [4.69, 9.17) is 4.74 Å². The van der Waals surface area contributed by atoms with Gasteiger partial charge in [0.05, 0.1) is 16.6 Å².